The molecule has 1 aromatic carbocycles. The van der Waals surface area contributed by atoms with Gasteiger partial charge in [0.05, 0.1) is 6.10 Å². The van der Waals surface area contributed by atoms with Gasteiger partial charge in [-0.2, -0.15) is 0 Å². The first-order valence-electron chi connectivity index (χ1n) is 5.33. The summed E-state index contributed by atoms with van der Waals surface area (Å²) in [5.74, 6) is 0.543. The molecule has 1 rings (SSSR count). The van der Waals surface area contributed by atoms with E-state index in [0.29, 0.717) is 12.0 Å². The van der Waals surface area contributed by atoms with Crippen LogP contribution in [0.15, 0.2) is 24.3 Å². The van der Waals surface area contributed by atoms with Gasteiger partial charge in [0.1, 0.15) is 0 Å². The average Bonchev–Trinajstić information content (AvgIpc) is 2.26. The summed E-state index contributed by atoms with van der Waals surface area (Å²) in [7, 11) is 1.77. The van der Waals surface area contributed by atoms with Crippen LogP contribution < -0.4 is 0 Å². The van der Waals surface area contributed by atoms with Crippen molar-refractivity contribution in [3.8, 4) is 0 Å². The lowest BCUT2D eigenvalue weighted by Gasteiger charge is -2.20. The van der Waals surface area contributed by atoms with Crippen molar-refractivity contribution in [1.82, 2.24) is 0 Å². The smallest absolute Gasteiger partial charge is 0.0549 e. The first-order chi connectivity index (χ1) is 7.19. The summed E-state index contributed by atoms with van der Waals surface area (Å²) >= 11 is 3.59. The van der Waals surface area contributed by atoms with Crippen LogP contribution in [0.25, 0.3) is 0 Å². The van der Waals surface area contributed by atoms with E-state index >= 15 is 0 Å². The highest BCUT2D eigenvalue weighted by atomic mass is 79.9. The summed E-state index contributed by atoms with van der Waals surface area (Å²) < 4.78 is 5.32. The Morgan fingerprint density at radius 3 is 2.53 bits per heavy atom. The molecule has 84 valence electrons. The van der Waals surface area contributed by atoms with Gasteiger partial charge in [-0.3, -0.25) is 0 Å². The zero-order valence-corrected chi connectivity index (χ0v) is 11.3. The fraction of sp³-hybridized carbons (Fsp3) is 0.538. The Labute approximate surface area is 101 Å². The quantitative estimate of drug-likeness (QED) is 0.738. The van der Waals surface area contributed by atoms with Crippen molar-refractivity contribution in [2.24, 2.45) is 0 Å². The lowest BCUT2D eigenvalue weighted by atomic mass is 9.92. The minimum atomic E-state index is 0.312. The third-order valence-corrected chi connectivity index (χ3v) is 3.61. The molecule has 0 saturated carbocycles. The van der Waals surface area contributed by atoms with Crippen molar-refractivity contribution >= 4 is 15.9 Å². The van der Waals surface area contributed by atoms with Gasteiger partial charge in [0.25, 0.3) is 0 Å². The Morgan fingerprint density at radius 2 is 2.00 bits per heavy atom. The molecule has 2 atom stereocenters. The molecule has 0 aliphatic rings. The van der Waals surface area contributed by atoms with Crippen molar-refractivity contribution in [3.05, 3.63) is 35.4 Å². The molecular formula is C13H19BrO. The monoisotopic (exact) mass is 270 g/mol. The number of ether oxygens (including phenoxy) is 1. The van der Waals surface area contributed by atoms with Gasteiger partial charge in [0, 0.05) is 12.4 Å². The molecule has 0 radical (unpaired) electrons. The molecular weight excluding hydrogens is 252 g/mol. The molecule has 0 heterocycles. The van der Waals surface area contributed by atoms with Crippen LogP contribution in [0.2, 0.25) is 0 Å². The van der Waals surface area contributed by atoms with Crippen LogP contribution in [-0.2, 0) is 4.74 Å². The molecule has 0 aliphatic heterocycles. The van der Waals surface area contributed by atoms with Crippen molar-refractivity contribution in [2.75, 3.05) is 12.4 Å². The molecule has 0 amide bonds. The second-order valence-electron chi connectivity index (χ2n) is 3.99. The topological polar surface area (TPSA) is 9.23 Å². The predicted octanol–water partition coefficient (Wildman–Crippen LogP) is 3.90. The Hall–Kier alpha value is -0.340. The fourth-order valence-corrected chi connectivity index (χ4v) is 2.43. The number of rotatable bonds is 5. The van der Waals surface area contributed by atoms with Crippen LogP contribution in [0.5, 0.6) is 0 Å². The maximum atomic E-state index is 5.32. The van der Waals surface area contributed by atoms with Crippen molar-refractivity contribution in [1.29, 1.82) is 0 Å². The van der Waals surface area contributed by atoms with Gasteiger partial charge in [-0.05, 0) is 37.3 Å². The van der Waals surface area contributed by atoms with Crippen molar-refractivity contribution in [2.45, 2.75) is 32.3 Å². The van der Waals surface area contributed by atoms with Gasteiger partial charge in [0.15, 0.2) is 0 Å². The number of benzene rings is 1. The lowest BCUT2D eigenvalue weighted by Crippen LogP contribution is -2.13. The van der Waals surface area contributed by atoms with Crippen LogP contribution in [0.4, 0.5) is 0 Å². The second-order valence-corrected chi connectivity index (χ2v) is 4.64. The minimum Gasteiger partial charge on any atom is -0.382 e. The third-order valence-electron chi connectivity index (χ3n) is 2.83. The van der Waals surface area contributed by atoms with E-state index < -0.39 is 0 Å². The Kier molecular flexibility index (Phi) is 5.34. The van der Waals surface area contributed by atoms with E-state index in [1.807, 2.05) is 0 Å². The number of methoxy groups -OCH3 is 1. The maximum Gasteiger partial charge on any atom is 0.0549 e. The molecule has 2 unspecified atom stereocenters. The zero-order chi connectivity index (χ0) is 11.3. The lowest BCUT2D eigenvalue weighted by molar-refractivity contribution is 0.106. The van der Waals surface area contributed by atoms with Gasteiger partial charge in [-0.1, -0.05) is 40.2 Å². The maximum absolute atomic E-state index is 5.32. The third kappa shape index (κ3) is 3.62. The summed E-state index contributed by atoms with van der Waals surface area (Å²) in [5.41, 5.74) is 2.79. The number of halogens is 1. The van der Waals surface area contributed by atoms with Gasteiger partial charge < -0.3 is 4.74 Å². The number of aryl methyl sites for hydroxylation is 1. The molecule has 0 bridgehead atoms. The highest BCUT2D eigenvalue weighted by Gasteiger charge is 2.15. The standard InChI is InChI=1S/C13H19BrO/c1-10-6-4-5-7-13(10)12(9-14)8-11(2)15-3/h4-7,11-12H,8-9H2,1-3H3. The SMILES string of the molecule is COC(C)CC(CBr)c1ccccc1C. The largest absolute Gasteiger partial charge is 0.382 e. The summed E-state index contributed by atoms with van der Waals surface area (Å²) in [6, 6.07) is 8.57. The number of hydrogen-bond acceptors (Lipinski definition) is 1. The fourth-order valence-electron chi connectivity index (χ4n) is 1.81. The number of hydrogen-bond donors (Lipinski definition) is 0. The molecule has 0 saturated heterocycles. The summed E-state index contributed by atoms with van der Waals surface area (Å²) in [4.78, 5) is 0. The minimum absolute atomic E-state index is 0.312. The van der Waals surface area contributed by atoms with Gasteiger partial charge in [0.2, 0.25) is 0 Å². The summed E-state index contributed by atoms with van der Waals surface area (Å²) in [6.45, 7) is 4.29. The zero-order valence-electron chi connectivity index (χ0n) is 9.66. The molecule has 0 spiro atoms. The summed E-state index contributed by atoms with van der Waals surface area (Å²) in [6.07, 6.45) is 1.37. The molecule has 2 heteroatoms. The van der Waals surface area contributed by atoms with Crippen LogP contribution in [0, 0.1) is 6.92 Å². The Bertz CT molecular complexity index is 298. The molecule has 1 nitrogen and oxygen atoms in total. The van der Waals surface area contributed by atoms with Crippen LogP contribution in [0.1, 0.15) is 30.4 Å². The van der Waals surface area contributed by atoms with Crippen molar-refractivity contribution in [3.63, 3.8) is 0 Å². The summed E-state index contributed by atoms with van der Waals surface area (Å²) in [5, 5.41) is 0.992. The molecule has 0 aliphatic carbocycles. The second kappa shape index (κ2) is 6.29. The van der Waals surface area contributed by atoms with Gasteiger partial charge >= 0.3 is 0 Å². The molecule has 1 aromatic rings. The van der Waals surface area contributed by atoms with Crippen LogP contribution in [-0.4, -0.2) is 18.5 Å². The molecule has 0 fully saturated rings. The highest BCUT2D eigenvalue weighted by molar-refractivity contribution is 9.09. The molecule has 0 aromatic heterocycles. The van der Waals surface area contributed by atoms with Crippen molar-refractivity contribution < 1.29 is 4.74 Å². The Morgan fingerprint density at radius 1 is 1.33 bits per heavy atom. The Balaban J connectivity index is 2.78. The van der Waals surface area contributed by atoms with Crippen LogP contribution in [0.3, 0.4) is 0 Å². The first-order valence-corrected chi connectivity index (χ1v) is 6.45. The van der Waals surface area contributed by atoms with Gasteiger partial charge in [-0.15, -0.1) is 0 Å². The van der Waals surface area contributed by atoms with E-state index in [1.165, 1.54) is 11.1 Å². The van der Waals surface area contributed by atoms with E-state index in [-0.39, 0.29) is 0 Å². The van der Waals surface area contributed by atoms with E-state index in [9.17, 15) is 0 Å². The van der Waals surface area contributed by atoms with E-state index in [1.54, 1.807) is 7.11 Å². The van der Waals surface area contributed by atoms with Gasteiger partial charge in [-0.25, -0.2) is 0 Å². The highest BCUT2D eigenvalue weighted by Crippen LogP contribution is 2.26. The predicted molar refractivity (Wildman–Crippen MR) is 68.8 cm³/mol. The van der Waals surface area contributed by atoms with E-state index in [0.717, 1.165) is 11.8 Å². The molecule has 15 heavy (non-hydrogen) atoms. The normalized spacial score (nSPS) is 14.9. The first kappa shape index (κ1) is 12.7. The van der Waals surface area contributed by atoms with Crippen LogP contribution >= 0.6 is 15.9 Å². The molecule has 0 N–H and O–H groups in total. The van der Waals surface area contributed by atoms with E-state index in [2.05, 4.69) is 54.0 Å². The van der Waals surface area contributed by atoms with E-state index in [4.69, 9.17) is 4.74 Å². The number of alkyl halides is 1. The average molecular weight is 271 g/mol.